The lowest BCUT2D eigenvalue weighted by Gasteiger charge is -2.28. The lowest BCUT2D eigenvalue weighted by atomic mass is 10.0. The lowest BCUT2D eigenvalue weighted by Crippen LogP contribution is -2.37. The highest BCUT2D eigenvalue weighted by Crippen LogP contribution is 2.46. The van der Waals surface area contributed by atoms with Gasteiger partial charge >= 0.3 is 12.1 Å². The van der Waals surface area contributed by atoms with E-state index in [4.69, 9.17) is 5.11 Å². The Labute approximate surface area is 193 Å². The molecule has 3 N–H and O–H groups in total. The van der Waals surface area contributed by atoms with Gasteiger partial charge in [-0.05, 0) is 29.8 Å². The van der Waals surface area contributed by atoms with E-state index in [1.807, 2.05) is 11.4 Å². The number of nitrogens with zero attached hydrogens (tertiary/aromatic N) is 2. The molecule has 8 nitrogen and oxygen atoms in total. The third kappa shape index (κ3) is 3.94. The van der Waals surface area contributed by atoms with Crippen LogP contribution in [0.4, 0.5) is 13.2 Å². The van der Waals surface area contributed by atoms with Crippen molar-refractivity contribution in [1.29, 1.82) is 5.26 Å². The largest absolute Gasteiger partial charge is 0.506 e. The number of nitriles is 1. The Morgan fingerprint density at radius 1 is 1.21 bits per heavy atom. The number of benzene rings is 2. The molecule has 1 unspecified atom stereocenters. The number of hydrogen-bond acceptors (Lipinski definition) is 6. The van der Waals surface area contributed by atoms with Crippen molar-refractivity contribution >= 4 is 34.5 Å². The lowest BCUT2D eigenvalue weighted by molar-refractivity contribution is -0.138. The van der Waals surface area contributed by atoms with E-state index in [2.05, 4.69) is 0 Å². The number of rotatable bonds is 4. The number of alkyl halides is 3. The van der Waals surface area contributed by atoms with Gasteiger partial charge in [-0.2, -0.15) is 18.4 Å². The molecular weight excluding hydrogens is 475 g/mol. The highest BCUT2D eigenvalue weighted by Gasteiger charge is 2.33. The summed E-state index contributed by atoms with van der Waals surface area (Å²) < 4.78 is 40.0. The number of aromatic hydroxyl groups is 1. The SMILES string of the molecule is N#Cc1ccc2c3c1c(O)c(C(=O)NCC(=O)O)c(=O)n3CC(c1ccc(C(F)(F)F)cc1)S2. The molecule has 1 atom stereocenters. The van der Waals surface area contributed by atoms with Crippen molar-refractivity contribution in [2.45, 2.75) is 22.9 Å². The Bertz CT molecular complexity index is 1440. The van der Waals surface area contributed by atoms with Crippen molar-refractivity contribution in [1.82, 2.24) is 9.88 Å². The zero-order valence-electron chi connectivity index (χ0n) is 17.0. The summed E-state index contributed by atoms with van der Waals surface area (Å²) in [4.78, 5) is 37.1. The zero-order chi connectivity index (χ0) is 24.8. The van der Waals surface area contributed by atoms with E-state index in [9.17, 15) is 37.9 Å². The fraction of sp³-hybridized carbons (Fsp3) is 0.182. The standard InChI is InChI=1S/C22H14F3N3O5S/c23-22(24,25)12-4-1-10(2-5-12)14-9-28-18-13(34-14)6-3-11(7-26)16(18)19(31)17(21(28)33)20(32)27-8-15(29)30/h1-6,14,31H,8-9H2,(H,27,32)(H,29,30). The van der Waals surface area contributed by atoms with E-state index in [1.165, 1.54) is 34.5 Å². The zero-order valence-corrected chi connectivity index (χ0v) is 17.8. The maximum absolute atomic E-state index is 13.2. The van der Waals surface area contributed by atoms with Gasteiger partial charge in [0.05, 0.1) is 33.3 Å². The number of carbonyl (C=O) groups is 2. The summed E-state index contributed by atoms with van der Waals surface area (Å²) in [5, 5.41) is 30.5. The predicted molar refractivity (Wildman–Crippen MR) is 115 cm³/mol. The average Bonchev–Trinajstić information content (AvgIpc) is 2.80. The average molecular weight is 489 g/mol. The normalized spacial score (nSPS) is 15.1. The van der Waals surface area contributed by atoms with Gasteiger partial charge in [-0.1, -0.05) is 12.1 Å². The molecule has 2 aromatic carbocycles. The molecule has 3 aromatic rings. The Morgan fingerprint density at radius 2 is 1.88 bits per heavy atom. The molecule has 34 heavy (non-hydrogen) atoms. The molecule has 0 bridgehead atoms. The van der Waals surface area contributed by atoms with Crippen molar-refractivity contribution in [3.8, 4) is 11.8 Å². The molecule has 4 rings (SSSR count). The van der Waals surface area contributed by atoms with Crippen molar-refractivity contribution in [3.63, 3.8) is 0 Å². The molecule has 1 amide bonds. The maximum Gasteiger partial charge on any atom is 0.416 e. The van der Waals surface area contributed by atoms with E-state index in [1.54, 1.807) is 6.07 Å². The fourth-order valence-electron chi connectivity index (χ4n) is 3.77. The number of pyridine rings is 1. The molecular formula is C22H14F3N3O5S. The van der Waals surface area contributed by atoms with Crippen molar-refractivity contribution in [3.05, 3.63) is 69.0 Å². The minimum absolute atomic E-state index is 0.00846. The van der Waals surface area contributed by atoms with Crippen LogP contribution >= 0.6 is 11.8 Å². The fourth-order valence-corrected chi connectivity index (χ4v) is 5.06. The van der Waals surface area contributed by atoms with E-state index in [-0.39, 0.29) is 23.0 Å². The maximum atomic E-state index is 13.2. The Kier molecular flexibility index (Phi) is 5.74. The van der Waals surface area contributed by atoms with Gasteiger partial charge in [0, 0.05) is 11.4 Å². The molecule has 1 aliphatic rings. The Morgan fingerprint density at radius 3 is 2.47 bits per heavy atom. The first kappa shape index (κ1) is 23.2. The minimum atomic E-state index is -4.50. The highest BCUT2D eigenvalue weighted by molar-refractivity contribution is 7.99. The topological polar surface area (TPSA) is 132 Å². The number of halogens is 3. The molecule has 1 aliphatic heterocycles. The number of carboxylic acids is 1. The quantitative estimate of drug-likeness (QED) is 0.512. The van der Waals surface area contributed by atoms with Crippen LogP contribution in [0.25, 0.3) is 10.9 Å². The van der Waals surface area contributed by atoms with Crippen LogP contribution < -0.4 is 10.9 Å². The first-order valence-electron chi connectivity index (χ1n) is 9.69. The summed E-state index contributed by atoms with van der Waals surface area (Å²) in [5.74, 6) is -3.24. The molecule has 0 saturated carbocycles. The van der Waals surface area contributed by atoms with Crippen LogP contribution in [-0.2, 0) is 17.5 Å². The van der Waals surface area contributed by atoms with Crippen LogP contribution in [0.5, 0.6) is 5.75 Å². The monoisotopic (exact) mass is 489 g/mol. The number of carbonyl (C=O) groups excluding carboxylic acids is 1. The van der Waals surface area contributed by atoms with Crippen LogP contribution in [0.1, 0.15) is 32.3 Å². The van der Waals surface area contributed by atoms with Gasteiger partial charge in [-0.3, -0.25) is 14.4 Å². The number of thioether (sulfide) groups is 1. The number of carboxylic acid groups (broad SMARTS) is 1. The number of nitrogens with one attached hydrogen (secondary N) is 1. The molecule has 2 heterocycles. The minimum Gasteiger partial charge on any atom is -0.506 e. The van der Waals surface area contributed by atoms with Gasteiger partial charge in [-0.25, -0.2) is 0 Å². The molecule has 1 aromatic heterocycles. The van der Waals surface area contributed by atoms with Crippen molar-refractivity contribution < 1.29 is 33.0 Å². The molecule has 0 saturated heterocycles. The summed E-state index contributed by atoms with van der Waals surface area (Å²) >= 11 is 1.24. The summed E-state index contributed by atoms with van der Waals surface area (Å²) in [6, 6.07) is 9.33. The van der Waals surface area contributed by atoms with Crippen LogP contribution in [0.3, 0.4) is 0 Å². The Hall–Kier alpha value is -3.98. The second-order valence-corrected chi connectivity index (χ2v) is 8.63. The van der Waals surface area contributed by atoms with Gasteiger partial charge in [0.2, 0.25) is 0 Å². The van der Waals surface area contributed by atoms with Gasteiger partial charge in [0.25, 0.3) is 11.5 Å². The van der Waals surface area contributed by atoms with E-state index >= 15 is 0 Å². The van der Waals surface area contributed by atoms with E-state index in [0.717, 1.165) is 12.1 Å². The van der Waals surface area contributed by atoms with Crippen molar-refractivity contribution in [2.75, 3.05) is 6.54 Å². The van der Waals surface area contributed by atoms with Gasteiger partial charge < -0.3 is 20.1 Å². The summed E-state index contributed by atoms with van der Waals surface area (Å²) in [7, 11) is 0. The second kappa shape index (κ2) is 8.42. The number of hydrogen-bond donors (Lipinski definition) is 3. The third-order valence-electron chi connectivity index (χ3n) is 5.32. The third-order valence-corrected chi connectivity index (χ3v) is 6.61. The first-order valence-corrected chi connectivity index (χ1v) is 10.6. The molecule has 174 valence electrons. The van der Waals surface area contributed by atoms with E-state index < -0.39 is 52.3 Å². The van der Waals surface area contributed by atoms with Gasteiger partial charge in [-0.15, -0.1) is 11.8 Å². The molecule has 0 radical (unpaired) electrons. The first-order chi connectivity index (χ1) is 16.0. The second-order valence-electron chi connectivity index (χ2n) is 7.39. The van der Waals surface area contributed by atoms with Gasteiger partial charge in [0.15, 0.2) is 0 Å². The van der Waals surface area contributed by atoms with Crippen LogP contribution in [-0.4, -0.2) is 33.2 Å². The molecule has 0 fully saturated rings. The summed E-state index contributed by atoms with van der Waals surface area (Å²) in [5.41, 5.74) is -1.76. The van der Waals surface area contributed by atoms with Crippen LogP contribution in [0.15, 0.2) is 46.1 Å². The highest BCUT2D eigenvalue weighted by atomic mass is 32.2. The van der Waals surface area contributed by atoms with E-state index in [0.29, 0.717) is 10.5 Å². The molecule has 0 aliphatic carbocycles. The smallest absolute Gasteiger partial charge is 0.416 e. The summed E-state index contributed by atoms with van der Waals surface area (Å²) in [6.45, 7) is -0.863. The molecule has 0 spiro atoms. The van der Waals surface area contributed by atoms with Gasteiger partial charge in [0.1, 0.15) is 17.9 Å². The number of aromatic nitrogens is 1. The molecule has 12 heteroatoms. The number of aliphatic carboxylic acids is 1. The Balaban J connectivity index is 1.87. The van der Waals surface area contributed by atoms with Crippen molar-refractivity contribution in [2.24, 2.45) is 0 Å². The van der Waals surface area contributed by atoms with Crippen LogP contribution in [0.2, 0.25) is 0 Å². The number of amides is 1. The predicted octanol–water partition coefficient (Wildman–Crippen LogP) is 3.26. The summed E-state index contributed by atoms with van der Waals surface area (Å²) in [6.07, 6.45) is -4.50. The van der Waals surface area contributed by atoms with Crippen LogP contribution in [0, 0.1) is 11.3 Å².